The van der Waals surface area contributed by atoms with Crippen LogP contribution >= 0.6 is 15.9 Å². The van der Waals surface area contributed by atoms with Gasteiger partial charge in [-0.05, 0) is 42.5 Å². The Morgan fingerprint density at radius 1 is 1.09 bits per heavy atom. The number of carbonyl (C=O) groups is 2. The molecule has 1 unspecified atom stereocenters. The number of imide groups is 1. The highest BCUT2D eigenvalue weighted by atomic mass is 79.9. The molecule has 0 aromatic heterocycles. The second-order valence-corrected chi connectivity index (χ2v) is 7.69. The van der Waals surface area contributed by atoms with Gasteiger partial charge in [-0.3, -0.25) is 10.1 Å². The van der Waals surface area contributed by atoms with Crippen molar-refractivity contribution in [2.45, 2.75) is 43.6 Å². The van der Waals surface area contributed by atoms with Crippen LogP contribution in [0.4, 0.5) is 13.6 Å². The molecule has 3 aliphatic rings. The van der Waals surface area contributed by atoms with E-state index in [0.717, 1.165) is 15.6 Å². The van der Waals surface area contributed by atoms with Crippen LogP contribution in [0.1, 0.15) is 36.8 Å². The summed E-state index contributed by atoms with van der Waals surface area (Å²) in [6.07, 6.45) is 0.430. The van der Waals surface area contributed by atoms with Gasteiger partial charge in [0.2, 0.25) is 5.92 Å². The normalized spacial score (nSPS) is 30.4. The van der Waals surface area contributed by atoms with Crippen molar-refractivity contribution in [2.24, 2.45) is 5.41 Å². The van der Waals surface area contributed by atoms with Crippen molar-refractivity contribution in [1.82, 2.24) is 10.6 Å². The number of amides is 3. The molecule has 0 bridgehead atoms. The molecule has 2 aliphatic carbocycles. The summed E-state index contributed by atoms with van der Waals surface area (Å²) >= 11 is 3.40. The lowest BCUT2D eigenvalue weighted by Crippen LogP contribution is -2.57. The third-order valence-corrected chi connectivity index (χ3v) is 6.10. The summed E-state index contributed by atoms with van der Waals surface area (Å²) in [6, 6.07) is 5.04. The number of carbonyl (C=O) groups excluding carboxylic acids is 2. The highest BCUT2D eigenvalue weighted by molar-refractivity contribution is 9.10. The molecule has 2 fully saturated rings. The number of hydrogen-bond donors (Lipinski definition) is 2. The minimum absolute atomic E-state index is 0.208. The first kappa shape index (κ1) is 15.1. The molecule has 1 atom stereocenters. The van der Waals surface area contributed by atoms with Crippen molar-refractivity contribution in [3.8, 4) is 0 Å². The van der Waals surface area contributed by atoms with Crippen LogP contribution in [0, 0.1) is 5.41 Å². The molecule has 2 N–H and O–H groups in total. The van der Waals surface area contributed by atoms with E-state index in [9.17, 15) is 18.4 Å². The summed E-state index contributed by atoms with van der Waals surface area (Å²) in [7, 11) is 0. The second kappa shape index (κ2) is 4.53. The molecule has 1 saturated carbocycles. The first-order chi connectivity index (χ1) is 10.8. The third-order valence-electron chi connectivity index (χ3n) is 5.61. The number of halogens is 3. The maximum absolute atomic E-state index is 13.7. The molecular formula is C16H15BrF2N2O2. The van der Waals surface area contributed by atoms with Crippen LogP contribution in [0.3, 0.4) is 0 Å². The van der Waals surface area contributed by atoms with Crippen molar-refractivity contribution in [3.05, 3.63) is 33.8 Å². The van der Waals surface area contributed by atoms with Crippen molar-refractivity contribution in [1.29, 1.82) is 0 Å². The third kappa shape index (κ3) is 1.92. The van der Waals surface area contributed by atoms with E-state index in [-0.39, 0.29) is 25.7 Å². The van der Waals surface area contributed by atoms with Crippen molar-refractivity contribution < 1.29 is 18.4 Å². The van der Waals surface area contributed by atoms with Gasteiger partial charge in [0.05, 0.1) is 0 Å². The Labute approximate surface area is 140 Å². The molecule has 1 aromatic rings. The van der Waals surface area contributed by atoms with Gasteiger partial charge in [0.1, 0.15) is 0 Å². The predicted molar refractivity (Wildman–Crippen MR) is 82.0 cm³/mol. The van der Waals surface area contributed by atoms with Crippen molar-refractivity contribution in [2.75, 3.05) is 0 Å². The van der Waals surface area contributed by atoms with Crippen LogP contribution in [0.2, 0.25) is 0 Å². The smallest absolute Gasteiger partial charge is 0.319 e. The second-order valence-electron chi connectivity index (χ2n) is 6.77. The molecule has 4 nitrogen and oxygen atoms in total. The van der Waals surface area contributed by atoms with Crippen LogP contribution in [0.25, 0.3) is 0 Å². The summed E-state index contributed by atoms with van der Waals surface area (Å²) < 4.78 is 28.2. The SMILES string of the molecule is O=C1NC(=O)C2(N1)c1cc(Br)ccc1CC21CCC(F)(F)CC1. The Morgan fingerprint density at radius 2 is 1.78 bits per heavy atom. The molecule has 4 rings (SSSR count). The summed E-state index contributed by atoms with van der Waals surface area (Å²) in [5.41, 5.74) is -0.260. The minimum Gasteiger partial charge on any atom is -0.319 e. The molecule has 1 aromatic carbocycles. The monoisotopic (exact) mass is 384 g/mol. The average molecular weight is 385 g/mol. The Morgan fingerprint density at radius 3 is 2.39 bits per heavy atom. The van der Waals surface area contributed by atoms with Gasteiger partial charge >= 0.3 is 6.03 Å². The van der Waals surface area contributed by atoms with E-state index in [2.05, 4.69) is 26.6 Å². The topological polar surface area (TPSA) is 58.2 Å². The largest absolute Gasteiger partial charge is 0.322 e. The van der Waals surface area contributed by atoms with Gasteiger partial charge in [0.15, 0.2) is 5.54 Å². The van der Waals surface area contributed by atoms with E-state index in [0.29, 0.717) is 6.42 Å². The van der Waals surface area contributed by atoms with E-state index < -0.39 is 28.8 Å². The molecule has 2 spiro atoms. The highest BCUT2D eigenvalue weighted by Gasteiger charge is 2.67. The molecule has 7 heteroatoms. The van der Waals surface area contributed by atoms with Crippen LogP contribution in [-0.4, -0.2) is 17.9 Å². The lowest BCUT2D eigenvalue weighted by atomic mass is 9.61. The first-order valence-electron chi connectivity index (χ1n) is 7.58. The summed E-state index contributed by atoms with van der Waals surface area (Å²) in [4.78, 5) is 24.6. The fourth-order valence-corrected chi connectivity index (χ4v) is 4.86. The fraction of sp³-hybridized carbons (Fsp3) is 0.500. The van der Waals surface area contributed by atoms with E-state index >= 15 is 0 Å². The first-order valence-corrected chi connectivity index (χ1v) is 8.38. The molecular weight excluding hydrogens is 370 g/mol. The standard InChI is InChI=1S/C16H15BrF2N2O2/c17-10-2-1-9-8-14(3-5-15(18,19)6-4-14)16(11(9)7-10)12(22)20-13(23)21-16/h1-2,7H,3-6,8H2,(H2,20,21,22,23). The number of nitrogens with one attached hydrogen (secondary N) is 2. The Balaban J connectivity index is 1.88. The predicted octanol–water partition coefficient (Wildman–Crippen LogP) is 3.24. The summed E-state index contributed by atoms with van der Waals surface area (Å²) in [6.45, 7) is 0. The number of rotatable bonds is 0. The molecule has 0 radical (unpaired) electrons. The van der Waals surface area contributed by atoms with E-state index in [1.807, 2.05) is 18.2 Å². The Bertz CT molecular complexity index is 727. The van der Waals surface area contributed by atoms with Gasteiger partial charge < -0.3 is 5.32 Å². The van der Waals surface area contributed by atoms with Gasteiger partial charge in [0.25, 0.3) is 5.91 Å². The minimum atomic E-state index is -2.69. The van der Waals surface area contributed by atoms with Crippen LogP contribution in [0.15, 0.2) is 22.7 Å². The van der Waals surface area contributed by atoms with Crippen molar-refractivity contribution in [3.63, 3.8) is 0 Å². The summed E-state index contributed by atoms with van der Waals surface area (Å²) in [5, 5.41) is 5.10. The molecule has 1 aliphatic heterocycles. The molecule has 3 amide bonds. The van der Waals surface area contributed by atoms with Crippen LogP contribution in [0.5, 0.6) is 0 Å². The number of urea groups is 1. The Hall–Kier alpha value is -1.50. The lowest BCUT2D eigenvalue weighted by Gasteiger charge is -2.46. The van der Waals surface area contributed by atoms with Gasteiger partial charge in [0, 0.05) is 22.7 Å². The number of benzene rings is 1. The van der Waals surface area contributed by atoms with Gasteiger partial charge in [-0.1, -0.05) is 22.0 Å². The zero-order valence-corrected chi connectivity index (χ0v) is 13.8. The molecule has 1 heterocycles. The lowest BCUT2D eigenvalue weighted by molar-refractivity contribution is -0.135. The maximum Gasteiger partial charge on any atom is 0.322 e. The average Bonchev–Trinajstić information content (AvgIpc) is 2.92. The Kier molecular flexibility index (Phi) is 2.96. The summed E-state index contributed by atoms with van der Waals surface area (Å²) in [5.74, 6) is -3.12. The van der Waals surface area contributed by atoms with Gasteiger partial charge in [-0.25, -0.2) is 13.6 Å². The maximum atomic E-state index is 13.7. The van der Waals surface area contributed by atoms with E-state index in [1.54, 1.807) is 0 Å². The molecule has 23 heavy (non-hydrogen) atoms. The van der Waals surface area contributed by atoms with E-state index in [1.165, 1.54) is 0 Å². The van der Waals surface area contributed by atoms with Crippen molar-refractivity contribution >= 4 is 27.9 Å². The van der Waals surface area contributed by atoms with Crippen LogP contribution in [-0.2, 0) is 16.8 Å². The molecule has 1 saturated heterocycles. The van der Waals surface area contributed by atoms with Gasteiger partial charge in [-0.15, -0.1) is 0 Å². The fourth-order valence-electron chi connectivity index (χ4n) is 4.50. The number of hydrogen-bond acceptors (Lipinski definition) is 2. The van der Waals surface area contributed by atoms with E-state index in [4.69, 9.17) is 0 Å². The zero-order chi connectivity index (χ0) is 16.5. The zero-order valence-electron chi connectivity index (χ0n) is 12.2. The quantitative estimate of drug-likeness (QED) is 0.674. The molecule has 122 valence electrons. The van der Waals surface area contributed by atoms with Gasteiger partial charge in [-0.2, -0.15) is 0 Å². The number of fused-ring (bicyclic) bond motifs is 3. The number of alkyl halides is 2. The van der Waals surface area contributed by atoms with Crippen LogP contribution < -0.4 is 10.6 Å². The highest BCUT2D eigenvalue weighted by Crippen LogP contribution is 2.60.